The van der Waals surface area contributed by atoms with Crippen LogP contribution >= 0.6 is 12.6 Å². The van der Waals surface area contributed by atoms with Gasteiger partial charge < -0.3 is 10.1 Å². The first-order chi connectivity index (χ1) is 9.45. The van der Waals surface area contributed by atoms with E-state index in [2.05, 4.69) is 22.7 Å². The molecule has 0 spiro atoms. The number of rotatable bonds is 5. The van der Waals surface area contributed by atoms with Crippen LogP contribution in [0.4, 0.5) is 11.5 Å². The lowest BCUT2D eigenvalue weighted by Crippen LogP contribution is -2.13. The number of thiol groups is 1. The van der Waals surface area contributed by atoms with Crippen LogP contribution in [0.5, 0.6) is 0 Å². The molecule has 0 saturated heterocycles. The highest BCUT2D eigenvalue weighted by Gasteiger charge is 2.26. The lowest BCUT2D eigenvalue weighted by Gasteiger charge is -2.08. The molecule has 1 atom stereocenters. The summed E-state index contributed by atoms with van der Waals surface area (Å²) in [5.74, 6) is 0.128. The predicted octanol–water partition coefficient (Wildman–Crippen LogP) is 1.39. The molecule has 20 heavy (non-hydrogen) atoms. The molecule has 2 heterocycles. The minimum Gasteiger partial charge on any atom is -0.358 e. The van der Waals surface area contributed by atoms with Crippen LogP contribution in [-0.2, 0) is 6.54 Å². The Hall–Kier alpha value is -2.43. The van der Waals surface area contributed by atoms with Crippen molar-refractivity contribution >= 4 is 24.1 Å². The Morgan fingerprint density at radius 3 is 2.55 bits per heavy atom. The maximum Gasteiger partial charge on any atom is 0.342 e. The summed E-state index contributed by atoms with van der Waals surface area (Å²) in [4.78, 5) is 24.3. The summed E-state index contributed by atoms with van der Waals surface area (Å²) in [5, 5.41) is 24.5. The van der Waals surface area contributed by atoms with Gasteiger partial charge in [-0.15, -0.1) is 12.6 Å². The molecule has 0 bridgehead atoms. The third kappa shape index (κ3) is 2.34. The highest BCUT2D eigenvalue weighted by Crippen LogP contribution is 2.26. The maximum atomic E-state index is 10.9. The molecule has 2 aromatic heterocycles. The van der Waals surface area contributed by atoms with Crippen LogP contribution in [0.15, 0.2) is 18.6 Å². The number of nitrogens with zero attached hydrogens (tertiary/aromatic N) is 6. The van der Waals surface area contributed by atoms with Gasteiger partial charge in [-0.25, -0.2) is 14.2 Å². The third-order valence-corrected chi connectivity index (χ3v) is 3.12. The van der Waals surface area contributed by atoms with Crippen LogP contribution in [-0.4, -0.2) is 29.2 Å². The fourth-order valence-corrected chi connectivity index (χ4v) is 2.06. The Labute approximate surface area is 117 Å². The number of aromatic nitrogens is 4. The van der Waals surface area contributed by atoms with E-state index in [1.54, 1.807) is 6.92 Å². The predicted molar refractivity (Wildman–Crippen MR) is 70.6 cm³/mol. The second-order valence-corrected chi connectivity index (χ2v) is 4.27. The van der Waals surface area contributed by atoms with E-state index in [-0.39, 0.29) is 11.5 Å². The van der Waals surface area contributed by atoms with Crippen LogP contribution in [0.2, 0.25) is 0 Å². The Balaban J connectivity index is 2.39. The first kappa shape index (κ1) is 14.0. The molecule has 0 amide bonds. The van der Waals surface area contributed by atoms with Crippen molar-refractivity contribution in [2.75, 3.05) is 0 Å². The van der Waals surface area contributed by atoms with Crippen LogP contribution in [0, 0.1) is 20.2 Å². The Kier molecular flexibility index (Phi) is 3.70. The van der Waals surface area contributed by atoms with Crippen molar-refractivity contribution < 1.29 is 9.85 Å². The first-order valence-electron chi connectivity index (χ1n) is 5.52. The molecule has 0 aromatic carbocycles. The van der Waals surface area contributed by atoms with Crippen LogP contribution < -0.4 is 0 Å². The SMILES string of the molecule is CCn1c([N+](=O)[O-])cnc1C(S)n1cc([N+](=O)[O-])cn1. The Bertz CT molecular complexity index is 665. The molecule has 11 heteroatoms. The zero-order chi connectivity index (χ0) is 14.9. The van der Waals surface area contributed by atoms with Gasteiger partial charge in [0.25, 0.3) is 0 Å². The molecular weight excluding hydrogens is 288 g/mol. The van der Waals surface area contributed by atoms with Gasteiger partial charge in [0.05, 0.1) is 11.5 Å². The van der Waals surface area contributed by atoms with Crippen molar-refractivity contribution in [1.82, 2.24) is 19.3 Å². The molecule has 1 unspecified atom stereocenters. The minimum absolute atomic E-state index is 0.164. The van der Waals surface area contributed by atoms with Crippen molar-refractivity contribution in [3.05, 3.63) is 44.6 Å². The molecule has 2 aromatic rings. The molecule has 10 nitrogen and oxygen atoms in total. The largest absolute Gasteiger partial charge is 0.358 e. The monoisotopic (exact) mass is 298 g/mol. The van der Waals surface area contributed by atoms with Gasteiger partial charge in [-0.2, -0.15) is 5.10 Å². The second kappa shape index (κ2) is 5.28. The summed E-state index contributed by atoms with van der Waals surface area (Å²) in [6.45, 7) is 2.05. The molecule has 0 radical (unpaired) electrons. The van der Waals surface area contributed by atoms with Crippen LogP contribution in [0.3, 0.4) is 0 Å². The summed E-state index contributed by atoms with van der Waals surface area (Å²) in [7, 11) is 0. The van der Waals surface area contributed by atoms with E-state index >= 15 is 0 Å². The van der Waals surface area contributed by atoms with Gasteiger partial charge in [0.15, 0.2) is 5.37 Å². The molecule has 0 fully saturated rings. The summed E-state index contributed by atoms with van der Waals surface area (Å²) in [5.41, 5.74) is -0.187. The quantitative estimate of drug-likeness (QED) is 0.505. The molecule has 0 aliphatic carbocycles. The van der Waals surface area contributed by atoms with Crippen LogP contribution in [0.1, 0.15) is 18.1 Å². The van der Waals surface area contributed by atoms with Gasteiger partial charge >= 0.3 is 11.5 Å². The molecule has 106 valence electrons. The van der Waals surface area contributed by atoms with E-state index in [1.165, 1.54) is 15.4 Å². The smallest absolute Gasteiger partial charge is 0.342 e. The first-order valence-corrected chi connectivity index (χ1v) is 6.03. The second-order valence-electron chi connectivity index (χ2n) is 3.79. The molecule has 0 saturated carbocycles. The van der Waals surface area contributed by atoms with E-state index < -0.39 is 15.2 Å². The average molecular weight is 298 g/mol. The summed E-state index contributed by atoms with van der Waals surface area (Å²) < 4.78 is 2.59. The number of imidazole rings is 1. The molecule has 0 aliphatic heterocycles. The van der Waals surface area contributed by atoms with Gasteiger partial charge in [-0.1, -0.05) is 0 Å². The standard InChI is InChI=1S/C9H10N6O4S/c1-2-12-7(15(18)19)4-10-8(12)9(20)13-5-6(3-11-13)14(16)17/h3-5,9,20H,2H2,1H3. The fraction of sp³-hybridized carbons (Fsp3) is 0.333. The van der Waals surface area contributed by atoms with E-state index in [4.69, 9.17) is 0 Å². The van der Waals surface area contributed by atoms with Gasteiger partial charge in [0.2, 0.25) is 5.82 Å². The highest BCUT2D eigenvalue weighted by molar-refractivity contribution is 7.80. The highest BCUT2D eigenvalue weighted by atomic mass is 32.1. The molecule has 2 rings (SSSR count). The Morgan fingerprint density at radius 1 is 1.35 bits per heavy atom. The minimum atomic E-state index is -0.752. The normalized spacial score (nSPS) is 12.3. The van der Waals surface area contributed by atoms with Crippen molar-refractivity contribution in [2.24, 2.45) is 0 Å². The molecular formula is C9H10N6O4S. The maximum absolute atomic E-state index is 10.9. The van der Waals surface area contributed by atoms with Gasteiger partial charge in [-0.3, -0.25) is 10.1 Å². The number of nitro groups is 2. The van der Waals surface area contributed by atoms with E-state index in [1.807, 2.05) is 0 Å². The summed E-state index contributed by atoms with van der Waals surface area (Å²) in [6.07, 6.45) is 3.40. The van der Waals surface area contributed by atoms with E-state index in [0.717, 1.165) is 12.4 Å². The van der Waals surface area contributed by atoms with E-state index in [0.29, 0.717) is 12.4 Å². The number of hydrogen-bond acceptors (Lipinski definition) is 7. The van der Waals surface area contributed by atoms with Crippen molar-refractivity contribution in [3.8, 4) is 0 Å². The third-order valence-electron chi connectivity index (χ3n) is 2.65. The molecule has 0 N–H and O–H groups in total. The van der Waals surface area contributed by atoms with Gasteiger partial charge in [0.1, 0.15) is 18.6 Å². The lowest BCUT2D eigenvalue weighted by atomic mass is 10.5. The summed E-state index contributed by atoms with van der Waals surface area (Å²) >= 11 is 4.27. The zero-order valence-corrected chi connectivity index (χ0v) is 11.2. The lowest BCUT2D eigenvalue weighted by molar-refractivity contribution is -0.392. The van der Waals surface area contributed by atoms with Crippen molar-refractivity contribution in [1.29, 1.82) is 0 Å². The van der Waals surface area contributed by atoms with Crippen molar-refractivity contribution in [2.45, 2.75) is 18.8 Å². The average Bonchev–Trinajstić information content (AvgIpc) is 3.04. The zero-order valence-electron chi connectivity index (χ0n) is 10.3. The Morgan fingerprint density at radius 2 is 2.05 bits per heavy atom. The van der Waals surface area contributed by atoms with Crippen molar-refractivity contribution in [3.63, 3.8) is 0 Å². The van der Waals surface area contributed by atoms with Gasteiger partial charge in [0, 0.05) is 0 Å². The van der Waals surface area contributed by atoms with Gasteiger partial charge in [-0.05, 0) is 11.8 Å². The fourth-order valence-electron chi connectivity index (χ4n) is 1.73. The summed E-state index contributed by atoms with van der Waals surface area (Å²) in [6, 6.07) is 0. The topological polar surface area (TPSA) is 122 Å². The molecule has 0 aliphatic rings. The number of hydrogen-bond donors (Lipinski definition) is 1. The van der Waals surface area contributed by atoms with Crippen LogP contribution in [0.25, 0.3) is 0 Å². The van der Waals surface area contributed by atoms with E-state index in [9.17, 15) is 20.2 Å².